The van der Waals surface area contributed by atoms with E-state index >= 15 is 0 Å². The molecule has 16 heavy (non-hydrogen) atoms. The van der Waals surface area contributed by atoms with Crippen LogP contribution in [0.25, 0.3) is 0 Å². The number of rotatable bonds is 4. The Kier molecular flexibility index (Phi) is 3.69. The summed E-state index contributed by atoms with van der Waals surface area (Å²) in [5.41, 5.74) is 1.88. The predicted octanol–water partition coefficient (Wildman–Crippen LogP) is 1.20. The Hall–Kier alpha value is -1.20. The van der Waals surface area contributed by atoms with Gasteiger partial charge < -0.3 is 14.8 Å². The van der Waals surface area contributed by atoms with Gasteiger partial charge in [-0.1, -0.05) is 0 Å². The lowest BCUT2D eigenvalue weighted by molar-refractivity contribution is -0.107. The number of carbonyl (C=O) groups is 1. The van der Waals surface area contributed by atoms with Gasteiger partial charge in [0, 0.05) is 24.9 Å². The van der Waals surface area contributed by atoms with E-state index in [1.54, 1.807) is 0 Å². The van der Waals surface area contributed by atoms with Gasteiger partial charge in [-0.3, -0.25) is 0 Å². The SMILES string of the molecule is O=CCCNc1nc(Cl)nc2c1COCC2. The number of halogens is 1. The summed E-state index contributed by atoms with van der Waals surface area (Å²) in [5, 5.41) is 3.30. The third-order valence-corrected chi connectivity index (χ3v) is 2.52. The van der Waals surface area contributed by atoms with Crippen LogP contribution in [0, 0.1) is 0 Å². The van der Waals surface area contributed by atoms with E-state index < -0.39 is 0 Å². The molecule has 0 spiro atoms. The van der Waals surface area contributed by atoms with Crippen LogP contribution in [0.2, 0.25) is 5.28 Å². The van der Waals surface area contributed by atoms with Crippen LogP contribution in [0.3, 0.4) is 0 Å². The number of aromatic nitrogens is 2. The normalized spacial score (nSPS) is 14.3. The number of hydrogen-bond donors (Lipinski definition) is 1. The predicted molar refractivity (Wildman–Crippen MR) is 59.6 cm³/mol. The van der Waals surface area contributed by atoms with Crippen molar-refractivity contribution >= 4 is 23.7 Å². The number of anilines is 1. The summed E-state index contributed by atoms with van der Waals surface area (Å²) in [6, 6.07) is 0. The van der Waals surface area contributed by atoms with Crippen LogP contribution in [0.15, 0.2) is 0 Å². The summed E-state index contributed by atoms with van der Waals surface area (Å²) in [6.45, 7) is 1.70. The maximum absolute atomic E-state index is 10.2. The number of carbonyl (C=O) groups excluding carboxylic acids is 1. The van der Waals surface area contributed by atoms with Gasteiger partial charge in [0.1, 0.15) is 12.1 Å². The second-order valence-corrected chi connectivity index (χ2v) is 3.79. The fraction of sp³-hybridized carbons (Fsp3) is 0.500. The van der Waals surface area contributed by atoms with E-state index in [1.807, 2.05) is 0 Å². The summed E-state index contributed by atoms with van der Waals surface area (Å²) < 4.78 is 5.35. The average Bonchev–Trinajstić information content (AvgIpc) is 2.29. The zero-order valence-corrected chi connectivity index (χ0v) is 9.46. The molecular formula is C10H12ClN3O2. The molecule has 0 aromatic carbocycles. The molecule has 1 N–H and O–H groups in total. The summed E-state index contributed by atoms with van der Waals surface area (Å²) in [4.78, 5) is 18.5. The van der Waals surface area contributed by atoms with Gasteiger partial charge in [-0.15, -0.1) is 0 Å². The highest BCUT2D eigenvalue weighted by atomic mass is 35.5. The quantitative estimate of drug-likeness (QED) is 0.488. The number of ether oxygens (including phenoxy) is 1. The fourth-order valence-electron chi connectivity index (χ4n) is 1.60. The van der Waals surface area contributed by atoms with E-state index in [0.717, 1.165) is 24.0 Å². The van der Waals surface area contributed by atoms with Crippen molar-refractivity contribution in [2.45, 2.75) is 19.4 Å². The van der Waals surface area contributed by atoms with Crippen molar-refractivity contribution in [3.05, 3.63) is 16.5 Å². The van der Waals surface area contributed by atoms with Gasteiger partial charge in [-0.25, -0.2) is 9.97 Å². The Morgan fingerprint density at radius 1 is 1.50 bits per heavy atom. The van der Waals surface area contributed by atoms with Crippen molar-refractivity contribution in [2.24, 2.45) is 0 Å². The van der Waals surface area contributed by atoms with Crippen LogP contribution in [-0.4, -0.2) is 29.4 Å². The average molecular weight is 242 g/mol. The molecule has 0 amide bonds. The molecule has 0 aliphatic carbocycles. The Bertz CT molecular complexity index is 398. The first-order chi connectivity index (χ1) is 7.81. The maximum atomic E-state index is 10.2. The van der Waals surface area contributed by atoms with Gasteiger partial charge in [0.15, 0.2) is 0 Å². The highest BCUT2D eigenvalue weighted by Crippen LogP contribution is 2.23. The molecule has 0 fully saturated rings. The molecule has 2 rings (SSSR count). The number of hydrogen-bond acceptors (Lipinski definition) is 5. The maximum Gasteiger partial charge on any atom is 0.224 e. The molecule has 1 aliphatic rings. The lowest BCUT2D eigenvalue weighted by Gasteiger charge is -2.18. The molecule has 0 saturated heterocycles. The zero-order chi connectivity index (χ0) is 11.4. The molecule has 0 unspecified atom stereocenters. The second kappa shape index (κ2) is 5.23. The first kappa shape index (κ1) is 11.3. The van der Waals surface area contributed by atoms with Crippen LogP contribution < -0.4 is 5.32 Å². The number of aldehydes is 1. The van der Waals surface area contributed by atoms with E-state index in [-0.39, 0.29) is 5.28 Å². The third kappa shape index (κ3) is 2.48. The largest absolute Gasteiger partial charge is 0.376 e. The highest BCUT2D eigenvalue weighted by molar-refractivity contribution is 6.28. The van der Waals surface area contributed by atoms with Crippen molar-refractivity contribution in [3.8, 4) is 0 Å². The molecule has 6 heteroatoms. The molecule has 0 atom stereocenters. The van der Waals surface area contributed by atoms with Gasteiger partial charge in [0.05, 0.1) is 18.9 Å². The Labute approximate surface area is 98.2 Å². The van der Waals surface area contributed by atoms with Crippen LogP contribution >= 0.6 is 11.6 Å². The smallest absolute Gasteiger partial charge is 0.224 e. The van der Waals surface area contributed by atoms with Gasteiger partial charge in [0.25, 0.3) is 0 Å². The van der Waals surface area contributed by atoms with Gasteiger partial charge >= 0.3 is 0 Å². The minimum atomic E-state index is 0.231. The van der Waals surface area contributed by atoms with Crippen LogP contribution in [0.1, 0.15) is 17.7 Å². The van der Waals surface area contributed by atoms with Crippen molar-refractivity contribution in [2.75, 3.05) is 18.5 Å². The Balaban J connectivity index is 2.21. The second-order valence-electron chi connectivity index (χ2n) is 3.45. The number of nitrogens with zero attached hydrogens (tertiary/aromatic N) is 2. The molecule has 5 nitrogen and oxygen atoms in total. The van der Waals surface area contributed by atoms with E-state index in [1.165, 1.54) is 0 Å². The fourth-order valence-corrected chi connectivity index (χ4v) is 1.78. The van der Waals surface area contributed by atoms with Gasteiger partial charge in [-0.2, -0.15) is 0 Å². The third-order valence-electron chi connectivity index (χ3n) is 2.35. The van der Waals surface area contributed by atoms with Crippen molar-refractivity contribution in [3.63, 3.8) is 0 Å². The van der Waals surface area contributed by atoms with E-state index in [4.69, 9.17) is 16.3 Å². The summed E-state index contributed by atoms with van der Waals surface area (Å²) in [7, 11) is 0. The molecule has 86 valence electrons. The van der Waals surface area contributed by atoms with Crippen molar-refractivity contribution in [1.29, 1.82) is 0 Å². The molecule has 2 heterocycles. The monoisotopic (exact) mass is 241 g/mol. The standard InChI is InChI=1S/C10H12ClN3O2/c11-10-13-8-2-5-16-6-7(8)9(14-10)12-3-1-4-15/h4H,1-3,5-6H2,(H,12,13,14). The van der Waals surface area contributed by atoms with Crippen molar-refractivity contribution in [1.82, 2.24) is 9.97 Å². The summed E-state index contributed by atoms with van der Waals surface area (Å²) >= 11 is 5.82. The first-order valence-corrected chi connectivity index (χ1v) is 5.49. The van der Waals surface area contributed by atoms with E-state index in [9.17, 15) is 4.79 Å². The van der Waals surface area contributed by atoms with Crippen LogP contribution in [-0.2, 0) is 22.6 Å². The molecule has 0 radical (unpaired) electrons. The summed E-state index contributed by atoms with van der Waals surface area (Å²) in [5.74, 6) is 0.677. The van der Waals surface area contributed by atoms with Crippen molar-refractivity contribution < 1.29 is 9.53 Å². The van der Waals surface area contributed by atoms with Gasteiger partial charge in [0.2, 0.25) is 5.28 Å². The topological polar surface area (TPSA) is 64.1 Å². The molecule has 0 bridgehead atoms. The van der Waals surface area contributed by atoms with Crippen LogP contribution in [0.5, 0.6) is 0 Å². The van der Waals surface area contributed by atoms with E-state index in [2.05, 4.69) is 15.3 Å². The van der Waals surface area contributed by atoms with Crippen LogP contribution in [0.4, 0.5) is 5.82 Å². The lowest BCUT2D eigenvalue weighted by Crippen LogP contribution is -2.17. The summed E-state index contributed by atoms with van der Waals surface area (Å²) in [6.07, 6.45) is 2.05. The minimum Gasteiger partial charge on any atom is -0.376 e. The lowest BCUT2D eigenvalue weighted by atomic mass is 10.1. The molecule has 0 saturated carbocycles. The Morgan fingerprint density at radius 2 is 2.38 bits per heavy atom. The molecule has 1 aliphatic heterocycles. The number of nitrogens with one attached hydrogen (secondary N) is 1. The van der Waals surface area contributed by atoms with E-state index in [0.29, 0.717) is 32.0 Å². The molecule has 1 aromatic heterocycles. The number of fused-ring (bicyclic) bond motifs is 1. The Morgan fingerprint density at radius 3 is 3.19 bits per heavy atom. The van der Waals surface area contributed by atoms with Gasteiger partial charge in [-0.05, 0) is 11.6 Å². The molecule has 1 aromatic rings. The first-order valence-electron chi connectivity index (χ1n) is 5.12. The highest BCUT2D eigenvalue weighted by Gasteiger charge is 2.17. The molecular weight excluding hydrogens is 230 g/mol. The minimum absolute atomic E-state index is 0.231. The zero-order valence-electron chi connectivity index (χ0n) is 8.70.